The van der Waals surface area contributed by atoms with E-state index in [0.29, 0.717) is 22.5 Å². The fourth-order valence-electron chi connectivity index (χ4n) is 4.33. The number of carbonyl (C=O) groups is 1. The minimum absolute atomic E-state index is 0.248. The molecule has 2 atom stereocenters. The van der Waals surface area contributed by atoms with Crippen molar-refractivity contribution in [3.8, 4) is 5.75 Å². The van der Waals surface area contributed by atoms with Crippen molar-refractivity contribution in [3.05, 3.63) is 53.6 Å². The minimum Gasteiger partial charge on any atom is -0.508 e. The largest absolute Gasteiger partial charge is 0.508 e. The zero-order valence-electron chi connectivity index (χ0n) is 21.6. The summed E-state index contributed by atoms with van der Waals surface area (Å²) in [5.41, 5.74) is -9.22. The van der Waals surface area contributed by atoms with Crippen LogP contribution in [-0.4, -0.2) is 66.4 Å². The minimum atomic E-state index is -6.16. The molecule has 0 aromatic heterocycles. The van der Waals surface area contributed by atoms with E-state index >= 15 is 0 Å². The Morgan fingerprint density at radius 2 is 1.59 bits per heavy atom. The molecule has 1 aliphatic rings. The van der Waals surface area contributed by atoms with Crippen molar-refractivity contribution in [2.75, 3.05) is 10.8 Å². The predicted octanol–water partition coefficient (Wildman–Crippen LogP) is 3.83. The lowest BCUT2D eigenvalue weighted by atomic mass is 9.87. The van der Waals surface area contributed by atoms with Crippen molar-refractivity contribution in [2.45, 2.75) is 73.8 Å². The average molecular weight is 617 g/mol. The van der Waals surface area contributed by atoms with Gasteiger partial charge < -0.3 is 20.6 Å². The molecule has 0 bridgehead atoms. The topological polar surface area (TPSA) is 127 Å². The summed E-state index contributed by atoms with van der Waals surface area (Å²) in [6.07, 6.45) is -15.3. The van der Waals surface area contributed by atoms with Crippen LogP contribution in [0.4, 0.5) is 36.4 Å². The van der Waals surface area contributed by atoms with E-state index in [9.17, 15) is 59.3 Å². The van der Waals surface area contributed by atoms with Gasteiger partial charge in [0.05, 0.1) is 28.8 Å². The molecule has 2 aromatic carbocycles. The number of benzene rings is 2. The summed E-state index contributed by atoms with van der Waals surface area (Å²) in [4.78, 5) is 12.2. The lowest BCUT2D eigenvalue weighted by Gasteiger charge is -2.39. The molecule has 1 amide bonds. The molecule has 41 heavy (non-hydrogen) atoms. The van der Waals surface area contributed by atoms with Crippen LogP contribution in [0.2, 0.25) is 0 Å². The number of amides is 1. The summed E-state index contributed by atoms with van der Waals surface area (Å²) >= 11 is 0. The van der Waals surface area contributed by atoms with Gasteiger partial charge in [-0.15, -0.1) is 0 Å². The van der Waals surface area contributed by atoms with E-state index in [1.54, 1.807) is 0 Å². The third-order valence-electron chi connectivity index (χ3n) is 6.69. The van der Waals surface area contributed by atoms with Gasteiger partial charge in [-0.1, -0.05) is 12.1 Å². The third kappa shape index (κ3) is 6.38. The van der Waals surface area contributed by atoms with E-state index in [1.165, 1.54) is 13.8 Å². The van der Waals surface area contributed by atoms with Crippen LogP contribution in [0.5, 0.6) is 5.75 Å². The van der Waals surface area contributed by atoms with Gasteiger partial charge in [-0.05, 0) is 62.6 Å². The highest BCUT2D eigenvalue weighted by atomic mass is 32.2. The number of nitrogens with one attached hydrogen (secondary N) is 1. The van der Waals surface area contributed by atoms with Crippen LogP contribution < -0.4 is 9.62 Å². The smallest absolute Gasteiger partial charge is 0.430 e. The Labute approximate surface area is 230 Å². The van der Waals surface area contributed by atoms with Crippen molar-refractivity contribution in [2.24, 2.45) is 0 Å². The summed E-state index contributed by atoms with van der Waals surface area (Å²) in [7, 11) is -4.63. The average Bonchev–Trinajstić information content (AvgIpc) is 2.84. The fourth-order valence-corrected chi connectivity index (χ4v) is 6.05. The van der Waals surface area contributed by atoms with Crippen LogP contribution in [0, 0.1) is 0 Å². The molecule has 1 unspecified atom stereocenters. The number of carbonyl (C=O) groups excluding carboxylic acids is 1. The van der Waals surface area contributed by atoms with E-state index in [1.807, 2.05) is 0 Å². The van der Waals surface area contributed by atoms with Gasteiger partial charge in [0.1, 0.15) is 11.9 Å². The summed E-state index contributed by atoms with van der Waals surface area (Å²) in [6.45, 7) is 1.72. The summed E-state index contributed by atoms with van der Waals surface area (Å²) in [5.74, 6) is -1.13. The monoisotopic (exact) mass is 616 g/mol. The number of phenolic OH excluding ortho intramolecular Hbond substituents is 1. The number of alkyl halides is 7. The summed E-state index contributed by atoms with van der Waals surface area (Å²) < 4.78 is 123. The number of hydrogen-bond acceptors (Lipinski definition) is 6. The molecule has 16 heteroatoms. The molecule has 1 aliphatic heterocycles. The number of aryl methyl sites for hydroxylation is 1. The quantitative estimate of drug-likeness (QED) is 0.334. The van der Waals surface area contributed by atoms with Crippen molar-refractivity contribution < 1.29 is 59.3 Å². The van der Waals surface area contributed by atoms with E-state index < -0.39 is 75.1 Å². The van der Waals surface area contributed by atoms with Crippen molar-refractivity contribution in [1.29, 1.82) is 0 Å². The fraction of sp³-hybridized carbons (Fsp3) is 0.480. The summed E-state index contributed by atoms with van der Waals surface area (Å²) in [5, 5.41) is 31.3. The number of aliphatic hydroxyl groups is 2. The molecule has 0 spiro atoms. The molecule has 0 saturated heterocycles. The maximum Gasteiger partial charge on any atom is 0.430 e. The lowest BCUT2D eigenvalue weighted by Crippen LogP contribution is -2.54. The molecule has 0 radical (unpaired) electrons. The Morgan fingerprint density at radius 1 is 1.02 bits per heavy atom. The van der Waals surface area contributed by atoms with Crippen molar-refractivity contribution in [3.63, 3.8) is 0 Å². The number of rotatable bonds is 8. The molecular formula is C25H27F7N2O6S. The lowest BCUT2D eigenvalue weighted by molar-refractivity contribution is -0.376. The van der Waals surface area contributed by atoms with Gasteiger partial charge in [0.25, 0.3) is 15.6 Å². The zero-order valence-corrected chi connectivity index (χ0v) is 22.4. The van der Waals surface area contributed by atoms with Crippen LogP contribution in [0.1, 0.15) is 37.8 Å². The van der Waals surface area contributed by atoms with E-state index in [0.717, 1.165) is 24.3 Å². The molecule has 1 heterocycles. The van der Waals surface area contributed by atoms with E-state index in [-0.39, 0.29) is 29.8 Å². The maximum atomic E-state index is 14.1. The number of anilines is 1. The first-order valence-corrected chi connectivity index (χ1v) is 13.5. The Morgan fingerprint density at radius 3 is 2.10 bits per heavy atom. The number of sulfonamides is 1. The number of nitrogens with zero attached hydrogens (tertiary/aromatic N) is 1. The SMILES string of the molecule is CC(C)(O)[C@H](F)CNC(=O)CC1CCc2cc(C(O)(C(F)(F)F)C(F)(F)F)ccc2N1S(=O)(=O)c1ccc(O)cc1. The van der Waals surface area contributed by atoms with Crippen LogP contribution in [-0.2, 0) is 26.8 Å². The van der Waals surface area contributed by atoms with Gasteiger partial charge in [0, 0.05) is 12.0 Å². The second-order valence-electron chi connectivity index (χ2n) is 10.2. The van der Waals surface area contributed by atoms with Gasteiger partial charge in [0.2, 0.25) is 5.91 Å². The van der Waals surface area contributed by atoms with E-state index in [4.69, 9.17) is 0 Å². The highest BCUT2D eigenvalue weighted by molar-refractivity contribution is 7.92. The van der Waals surface area contributed by atoms with Gasteiger partial charge in [-0.2, -0.15) is 26.3 Å². The van der Waals surface area contributed by atoms with Crippen LogP contribution in [0.25, 0.3) is 0 Å². The van der Waals surface area contributed by atoms with Gasteiger partial charge in [-0.3, -0.25) is 9.10 Å². The number of phenols is 1. The Kier molecular flexibility index (Phi) is 8.65. The van der Waals surface area contributed by atoms with Gasteiger partial charge in [-0.25, -0.2) is 12.8 Å². The normalized spacial score (nSPS) is 17.6. The predicted molar refractivity (Wildman–Crippen MR) is 131 cm³/mol. The molecule has 228 valence electrons. The Bertz CT molecular complexity index is 1360. The first kappa shape index (κ1) is 32.4. The highest BCUT2D eigenvalue weighted by Gasteiger charge is 2.71. The van der Waals surface area contributed by atoms with Crippen molar-refractivity contribution >= 4 is 21.6 Å². The number of aromatic hydroxyl groups is 1. The molecule has 0 fully saturated rings. The number of halogens is 7. The molecule has 3 rings (SSSR count). The molecule has 2 aromatic rings. The Balaban J connectivity index is 2.07. The van der Waals surface area contributed by atoms with Crippen LogP contribution in [0.15, 0.2) is 47.4 Å². The maximum absolute atomic E-state index is 14.1. The molecule has 4 N–H and O–H groups in total. The molecular weight excluding hydrogens is 589 g/mol. The third-order valence-corrected chi connectivity index (χ3v) is 8.57. The zero-order chi connectivity index (χ0) is 31.2. The molecule has 8 nitrogen and oxygen atoms in total. The standard InChI is InChI=1S/C25H27F7N2O6S/c1-22(2,37)20(26)13-33-21(36)12-16-5-3-14-11-15(23(38,24(27,28)29)25(30,31)32)4-10-19(14)34(16)41(39,40)18-8-6-17(35)7-9-18/h4,6-11,16,20,35,37-38H,3,5,12-13H2,1-2H3,(H,33,36)/t16?,20-/m1/s1. The van der Waals surface area contributed by atoms with Crippen LogP contribution >= 0.6 is 0 Å². The first-order valence-electron chi connectivity index (χ1n) is 12.1. The summed E-state index contributed by atoms with van der Waals surface area (Å²) in [6, 6.07) is 4.28. The molecule has 0 aliphatic carbocycles. The second kappa shape index (κ2) is 10.9. The molecule has 0 saturated carbocycles. The van der Waals surface area contributed by atoms with Gasteiger partial charge >= 0.3 is 12.4 Å². The number of hydrogen-bond donors (Lipinski definition) is 4. The first-order chi connectivity index (χ1) is 18.6. The number of fused-ring (bicyclic) bond motifs is 1. The second-order valence-corrected chi connectivity index (χ2v) is 12.0. The Hall–Kier alpha value is -3.11. The highest BCUT2D eigenvalue weighted by Crippen LogP contribution is 2.51. The van der Waals surface area contributed by atoms with Crippen LogP contribution in [0.3, 0.4) is 0 Å². The van der Waals surface area contributed by atoms with Crippen molar-refractivity contribution in [1.82, 2.24) is 5.32 Å². The van der Waals surface area contributed by atoms with E-state index in [2.05, 4.69) is 5.32 Å². The van der Waals surface area contributed by atoms with Gasteiger partial charge in [0.15, 0.2) is 0 Å².